The zero-order valence-corrected chi connectivity index (χ0v) is 12.6. The second-order valence-electron chi connectivity index (χ2n) is 6.37. The lowest BCUT2D eigenvalue weighted by molar-refractivity contribution is 0.0937. The Bertz CT molecular complexity index is 438. The molecule has 114 valence electrons. The largest absolute Gasteiger partial charge is 0.488 e. The van der Waals surface area contributed by atoms with Gasteiger partial charge in [-0.05, 0) is 23.9 Å². The van der Waals surface area contributed by atoms with Gasteiger partial charge in [-0.25, -0.2) is 0 Å². The standard InChI is InChI=1S/C16H25BN2O2/c20-17(21)15-7-5-14(6-8-15)13-18-9-11-19(12-10-18)16-3-1-2-4-16/h5-8,16,20-21H,1-4,9-13H2. The molecule has 2 N–H and O–H groups in total. The van der Waals surface area contributed by atoms with Crippen molar-refractivity contribution in [3.63, 3.8) is 0 Å². The van der Waals surface area contributed by atoms with E-state index in [1.807, 2.05) is 12.1 Å². The smallest absolute Gasteiger partial charge is 0.423 e. The molecule has 1 aliphatic heterocycles. The number of hydrogen-bond donors (Lipinski definition) is 2. The predicted octanol–water partition coefficient (Wildman–Crippen LogP) is 0.427. The van der Waals surface area contributed by atoms with Gasteiger partial charge in [0.1, 0.15) is 0 Å². The molecular weight excluding hydrogens is 263 g/mol. The monoisotopic (exact) mass is 288 g/mol. The average molecular weight is 288 g/mol. The van der Waals surface area contributed by atoms with E-state index in [0.29, 0.717) is 5.46 Å². The summed E-state index contributed by atoms with van der Waals surface area (Å²) in [5.41, 5.74) is 1.80. The van der Waals surface area contributed by atoms with Gasteiger partial charge in [0.25, 0.3) is 0 Å². The zero-order chi connectivity index (χ0) is 14.7. The van der Waals surface area contributed by atoms with E-state index in [1.165, 1.54) is 44.3 Å². The Labute approximate surface area is 127 Å². The molecule has 1 saturated carbocycles. The van der Waals surface area contributed by atoms with Crippen LogP contribution in [0.4, 0.5) is 0 Å². The quantitative estimate of drug-likeness (QED) is 0.789. The summed E-state index contributed by atoms with van der Waals surface area (Å²) < 4.78 is 0. The summed E-state index contributed by atoms with van der Waals surface area (Å²) in [6.07, 6.45) is 5.61. The molecule has 0 unspecified atom stereocenters. The molecule has 1 aliphatic carbocycles. The second-order valence-corrected chi connectivity index (χ2v) is 6.37. The summed E-state index contributed by atoms with van der Waals surface area (Å²) in [7, 11) is -1.37. The third kappa shape index (κ3) is 3.86. The van der Waals surface area contributed by atoms with Gasteiger partial charge in [-0.1, -0.05) is 37.1 Å². The first-order valence-electron chi connectivity index (χ1n) is 8.14. The Morgan fingerprint density at radius 3 is 2.14 bits per heavy atom. The lowest BCUT2D eigenvalue weighted by Crippen LogP contribution is -2.49. The lowest BCUT2D eigenvalue weighted by atomic mass is 9.80. The normalized spacial score (nSPS) is 21.8. The van der Waals surface area contributed by atoms with Gasteiger partial charge < -0.3 is 10.0 Å². The third-order valence-electron chi connectivity index (χ3n) is 4.93. The van der Waals surface area contributed by atoms with Crippen LogP contribution in [0, 0.1) is 0 Å². The molecule has 21 heavy (non-hydrogen) atoms. The molecule has 0 atom stereocenters. The van der Waals surface area contributed by atoms with Crippen LogP contribution in [-0.2, 0) is 6.54 Å². The minimum Gasteiger partial charge on any atom is -0.423 e. The minimum absolute atomic E-state index is 0.560. The Morgan fingerprint density at radius 1 is 0.952 bits per heavy atom. The zero-order valence-electron chi connectivity index (χ0n) is 12.6. The van der Waals surface area contributed by atoms with Crippen LogP contribution >= 0.6 is 0 Å². The summed E-state index contributed by atoms with van der Waals surface area (Å²) in [5, 5.41) is 18.2. The van der Waals surface area contributed by atoms with Crippen LogP contribution in [0.15, 0.2) is 24.3 Å². The number of rotatable bonds is 4. The fourth-order valence-corrected chi connectivity index (χ4v) is 3.61. The number of piperazine rings is 1. The molecule has 3 rings (SSSR count). The second kappa shape index (κ2) is 6.92. The van der Waals surface area contributed by atoms with Gasteiger partial charge >= 0.3 is 7.12 Å². The fourth-order valence-electron chi connectivity index (χ4n) is 3.61. The van der Waals surface area contributed by atoms with E-state index in [4.69, 9.17) is 10.0 Å². The molecule has 0 aromatic heterocycles. The fraction of sp³-hybridized carbons (Fsp3) is 0.625. The van der Waals surface area contributed by atoms with Crippen molar-refractivity contribution in [2.24, 2.45) is 0 Å². The molecule has 1 saturated heterocycles. The molecule has 1 aromatic carbocycles. The van der Waals surface area contributed by atoms with Crippen molar-refractivity contribution >= 4 is 12.6 Å². The maximum atomic E-state index is 9.11. The van der Waals surface area contributed by atoms with Gasteiger partial charge in [-0.3, -0.25) is 9.80 Å². The first-order valence-corrected chi connectivity index (χ1v) is 8.14. The van der Waals surface area contributed by atoms with Gasteiger partial charge in [0, 0.05) is 38.8 Å². The van der Waals surface area contributed by atoms with Gasteiger partial charge in [0.15, 0.2) is 0 Å². The van der Waals surface area contributed by atoms with Crippen molar-refractivity contribution in [3.8, 4) is 0 Å². The highest BCUT2D eigenvalue weighted by Crippen LogP contribution is 2.24. The molecule has 0 spiro atoms. The van der Waals surface area contributed by atoms with E-state index >= 15 is 0 Å². The van der Waals surface area contributed by atoms with E-state index in [0.717, 1.165) is 25.7 Å². The van der Waals surface area contributed by atoms with Crippen LogP contribution in [0.1, 0.15) is 31.2 Å². The molecule has 4 nitrogen and oxygen atoms in total. The Balaban J connectivity index is 1.48. The van der Waals surface area contributed by atoms with Crippen molar-refractivity contribution in [2.45, 2.75) is 38.3 Å². The van der Waals surface area contributed by atoms with Crippen LogP contribution < -0.4 is 5.46 Å². The molecule has 2 aliphatic rings. The molecule has 0 amide bonds. The SMILES string of the molecule is OB(O)c1ccc(CN2CCN(C3CCCC3)CC2)cc1. The van der Waals surface area contributed by atoms with E-state index in [2.05, 4.69) is 9.80 Å². The van der Waals surface area contributed by atoms with Crippen LogP contribution in [0.5, 0.6) is 0 Å². The van der Waals surface area contributed by atoms with E-state index in [-0.39, 0.29) is 0 Å². The summed E-state index contributed by atoms with van der Waals surface area (Å²) in [6, 6.07) is 8.44. The van der Waals surface area contributed by atoms with E-state index in [1.54, 1.807) is 12.1 Å². The summed E-state index contributed by atoms with van der Waals surface area (Å²) in [4.78, 5) is 5.17. The van der Waals surface area contributed by atoms with Crippen molar-refractivity contribution in [2.75, 3.05) is 26.2 Å². The molecule has 5 heteroatoms. The van der Waals surface area contributed by atoms with Crippen LogP contribution in [-0.4, -0.2) is 59.2 Å². The highest BCUT2D eigenvalue weighted by molar-refractivity contribution is 6.58. The number of benzene rings is 1. The summed E-state index contributed by atoms with van der Waals surface area (Å²) >= 11 is 0. The minimum atomic E-state index is -1.37. The van der Waals surface area contributed by atoms with Gasteiger partial charge in [-0.15, -0.1) is 0 Å². The van der Waals surface area contributed by atoms with Crippen molar-refractivity contribution in [1.29, 1.82) is 0 Å². The van der Waals surface area contributed by atoms with Crippen LogP contribution in [0.25, 0.3) is 0 Å². The Hall–Kier alpha value is -0.875. The molecule has 0 bridgehead atoms. The Kier molecular flexibility index (Phi) is 4.96. The van der Waals surface area contributed by atoms with E-state index in [9.17, 15) is 0 Å². The summed E-state index contributed by atoms with van der Waals surface area (Å²) in [6.45, 7) is 5.62. The maximum absolute atomic E-state index is 9.11. The van der Waals surface area contributed by atoms with Gasteiger partial charge in [0.2, 0.25) is 0 Å². The van der Waals surface area contributed by atoms with E-state index < -0.39 is 7.12 Å². The molecule has 1 heterocycles. The predicted molar refractivity (Wildman–Crippen MR) is 85.4 cm³/mol. The van der Waals surface area contributed by atoms with Crippen molar-refractivity contribution < 1.29 is 10.0 Å². The molecule has 2 fully saturated rings. The Morgan fingerprint density at radius 2 is 1.57 bits per heavy atom. The summed E-state index contributed by atoms with van der Waals surface area (Å²) in [5.74, 6) is 0. The van der Waals surface area contributed by atoms with Crippen molar-refractivity contribution in [3.05, 3.63) is 29.8 Å². The third-order valence-corrected chi connectivity index (χ3v) is 4.93. The first-order chi connectivity index (χ1) is 10.2. The maximum Gasteiger partial charge on any atom is 0.488 e. The molecule has 0 radical (unpaired) electrons. The molecule has 1 aromatic rings. The number of hydrogen-bond acceptors (Lipinski definition) is 4. The van der Waals surface area contributed by atoms with Gasteiger partial charge in [0.05, 0.1) is 0 Å². The number of nitrogens with zero attached hydrogens (tertiary/aromatic N) is 2. The van der Waals surface area contributed by atoms with Crippen LogP contribution in [0.3, 0.4) is 0 Å². The highest BCUT2D eigenvalue weighted by Gasteiger charge is 2.25. The van der Waals surface area contributed by atoms with Crippen LogP contribution in [0.2, 0.25) is 0 Å². The molecular formula is C16H25BN2O2. The lowest BCUT2D eigenvalue weighted by Gasteiger charge is -2.38. The average Bonchev–Trinajstić information content (AvgIpc) is 3.03. The topological polar surface area (TPSA) is 46.9 Å². The van der Waals surface area contributed by atoms with Crippen molar-refractivity contribution in [1.82, 2.24) is 9.80 Å². The van der Waals surface area contributed by atoms with Gasteiger partial charge in [-0.2, -0.15) is 0 Å². The first kappa shape index (κ1) is 15.0. The highest BCUT2D eigenvalue weighted by atomic mass is 16.4.